The van der Waals surface area contributed by atoms with E-state index in [1.165, 1.54) is 22.8 Å². The molecule has 0 N–H and O–H groups in total. The molecule has 0 spiro atoms. The van der Waals surface area contributed by atoms with E-state index in [1.54, 1.807) is 20.9 Å². The van der Waals surface area contributed by atoms with Gasteiger partial charge in [-0.1, -0.05) is 0 Å². The summed E-state index contributed by atoms with van der Waals surface area (Å²) >= 11 is 0. The van der Waals surface area contributed by atoms with Crippen molar-refractivity contribution in [2.24, 2.45) is 7.05 Å². The summed E-state index contributed by atoms with van der Waals surface area (Å²) < 4.78 is 48.5. The van der Waals surface area contributed by atoms with E-state index in [2.05, 4.69) is 10.2 Å². The lowest BCUT2D eigenvalue weighted by Gasteiger charge is -2.25. The molecule has 3 rings (SSSR count). The van der Waals surface area contributed by atoms with E-state index in [0.29, 0.717) is 5.82 Å². The summed E-state index contributed by atoms with van der Waals surface area (Å²) in [6, 6.07) is 8.88. The van der Waals surface area contributed by atoms with Gasteiger partial charge in [-0.2, -0.15) is 5.26 Å². The maximum Gasteiger partial charge on any atom is 0.176 e. The zero-order chi connectivity index (χ0) is 19.8. The van der Waals surface area contributed by atoms with Crippen molar-refractivity contribution in [3.05, 3.63) is 65.2 Å². The minimum absolute atomic E-state index is 0.143. The van der Waals surface area contributed by atoms with Crippen LogP contribution in [0.5, 0.6) is 5.75 Å². The fourth-order valence-corrected chi connectivity index (χ4v) is 2.73. The van der Waals surface area contributed by atoms with Gasteiger partial charge in [-0.25, -0.2) is 13.2 Å². The number of aromatic nitrogens is 3. The second-order valence-electron chi connectivity index (χ2n) is 6.40. The molecule has 5 nitrogen and oxygen atoms in total. The summed E-state index contributed by atoms with van der Waals surface area (Å²) in [5.74, 6) is -1.78. The van der Waals surface area contributed by atoms with Crippen LogP contribution in [0.3, 0.4) is 0 Å². The Morgan fingerprint density at radius 3 is 2.41 bits per heavy atom. The van der Waals surface area contributed by atoms with Gasteiger partial charge < -0.3 is 9.30 Å². The van der Waals surface area contributed by atoms with Crippen molar-refractivity contribution >= 4 is 0 Å². The first-order valence-electron chi connectivity index (χ1n) is 7.97. The molecule has 0 amide bonds. The maximum absolute atomic E-state index is 14.3. The molecule has 0 aliphatic heterocycles. The summed E-state index contributed by atoms with van der Waals surface area (Å²) in [7, 11) is 1.62. The third-order valence-electron chi connectivity index (χ3n) is 4.01. The van der Waals surface area contributed by atoms with Crippen LogP contribution < -0.4 is 4.74 Å². The average Bonchev–Trinajstić information content (AvgIpc) is 2.99. The monoisotopic (exact) mass is 372 g/mol. The van der Waals surface area contributed by atoms with Gasteiger partial charge >= 0.3 is 0 Å². The molecule has 0 saturated heterocycles. The quantitative estimate of drug-likeness (QED) is 0.692. The van der Waals surface area contributed by atoms with Gasteiger partial charge in [0.15, 0.2) is 28.8 Å². The topological polar surface area (TPSA) is 63.7 Å². The Hall–Kier alpha value is -3.34. The highest BCUT2D eigenvalue weighted by Crippen LogP contribution is 2.31. The van der Waals surface area contributed by atoms with Gasteiger partial charge in [-0.15, -0.1) is 10.2 Å². The SMILES string of the molecule is Cn1c(-c2ccc(C#N)cc2F)nnc1C(C)(C)Oc1ccc(F)cc1F. The van der Waals surface area contributed by atoms with Gasteiger partial charge in [0, 0.05) is 13.1 Å². The van der Waals surface area contributed by atoms with E-state index in [4.69, 9.17) is 10.00 Å². The van der Waals surface area contributed by atoms with Crippen LogP contribution in [0.4, 0.5) is 13.2 Å². The van der Waals surface area contributed by atoms with Crippen LogP contribution in [-0.4, -0.2) is 14.8 Å². The van der Waals surface area contributed by atoms with Gasteiger partial charge in [-0.05, 0) is 44.2 Å². The van der Waals surface area contributed by atoms with Crippen molar-refractivity contribution in [1.82, 2.24) is 14.8 Å². The Morgan fingerprint density at radius 1 is 1.04 bits per heavy atom. The first kappa shape index (κ1) is 18.5. The van der Waals surface area contributed by atoms with E-state index in [-0.39, 0.29) is 22.7 Å². The molecule has 0 radical (unpaired) electrons. The maximum atomic E-state index is 14.3. The number of halogens is 3. The van der Waals surface area contributed by atoms with Crippen LogP contribution in [0.1, 0.15) is 25.2 Å². The lowest BCUT2D eigenvalue weighted by atomic mass is 10.1. The minimum Gasteiger partial charge on any atom is -0.477 e. The van der Waals surface area contributed by atoms with Crippen molar-refractivity contribution in [2.75, 3.05) is 0 Å². The highest BCUT2D eigenvalue weighted by Gasteiger charge is 2.31. The summed E-state index contributed by atoms with van der Waals surface area (Å²) in [6.07, 6.45) is 0. The molecular weight excluding hydrogens is 357 g/mol. The number of hydrogen-bond donors (Lipinski definition) is 0. The highest BCUT2D eigenvalue weighted by molar-refractivity contribution is 5.58. The molecule has 0 atom stereocenters. The van der Waals surface area contributed by atoms with Crippen LogP contribution in [0.15, 0.2) is 36.4 Å². The number of nitrogens with zero attached hydrogens (tertiary/aromatic N) is 4. The molecule has 0 fully saturated rings. The second-order valence-corrected chi connectivity index (χ2v) is 6.40. The molecule has 0 aliphatic rings. The standard InChI is InChI=1S/C19H15F3N4O/c1-19(2,27-16-7-5-12(20)9-15(16)22)18-25-24-17(26(18)3)13-6-4-11(10-23)8-14(13)21/h4-9H,1-3H3. The molecular formula is C19H15F3N4O. The van der Waals surface area contributed by atoms with Crippen LogP contribution in [-0.2, 0) is 12.6 Å². The number of ether oxygens (including phenoxy) is 1. The predicted octanol–water partition coefficient (Wildman–Crippen LogP) is 4.09. The van der Waals surface area contributed by atoms with Crippen LogP contribution in [0.25, 0.3) is 11.4 Å². The lowest BCUT2D eigenvalue weighted by molar-refractivity contribution is 0.0892. The van der Waals surface area contributed by atoms with Crippen LogP contribution in [0, 0.1) is 28.8 Å². The lowest BCUT2D eigenvalue weighted by Crippen LogP contribution is -2.29. The van der Waals surface area contributed by atoms with E-state index < -0.39 is 23.1 Å². The molecule has 1 aromatic heterocycles. The Morgan fingerprint density at radius 2 is 1.78 bits per heavy atom. The Balaban J connectivity index is 1.97. The zero-order valence-electron chi connectivity index (χ0n) is 14.8. The fraction of sp³-hybridized carbons (Fsp3) is 0.211. The molecule has 0 unspecified atom stereocenters. The minimum atomic E-state index is -1.14. The number of nitriles is 1. The molecule has 8 heteroatoms. The van der Waals surface area contributed by atoms with E-state index in [1.807, 2.05) is 6.07 Å². The molecule has 0 saturated carbocycles. The Bertz CT molecular complexity index is 1050. The average molecular weight is 372 g/mol. The van der Waals surface area contributed by atoms with Gasteiger partial charge in [0.2, 0.25) is 0 Å². The summed E-state index contributed by atoms with van der Waals surface area (Å²) in [5.41, 5.74) is -0.782. The highest BCUT2D eigenvalue weighted by atomic mass is 19.1. The van der Waals surface area contributed by atoms with Crippen molar-refractivity contribution in [2.45, 2.75) is 19.4 Å². The van der Waals surface area contributed by atoms with Gasteiger partial charge in [0.1, 0.15) is 11.6 Å². The van der Waals surface area contributed by atoms with Crippen LogP contribution in [0.2, 0.25) is 0 Å². The number of hydrogen-bond acceptors (Lipinski definition) is 4. The molecule has 1 heterocycles. The Kier molecular flexibility index (Phi) is 4.62. The molecule has 27 heavy (non-hydrogen) atoms. The Labute approximate surface area is 153 Å². The van der Waals surface area contributed by atoms with Gasteiger partial charge in [0.05, 0.1) is 17.2 Å². The number of benzene rings is 2. The van der Waals surface area contributed by atoms with E-state index >= 15 is 0 Å². The molecule has 0 aliphatic carbocycles. The molecule has 0 bridgehead atoms. The summed E-state index contributed by atoms with van der Waals surface area (Å²) in [4.78, 5) is 0. The van der Waals surface area contributed by atoms with Crippen LogP contribution >= 0.6 is 0 Å². The van der Waals surface area contributed by atoms with Crippen molar-refractivity contribution in [3.8, 4) is 23.2 Å². The fourth-order valence-electron chi connectivity index (χ4n) is 2.73. The normalized spacial score (nSPS) is 11.3. The third kappa shape index (κ3) is 3.49. The van der Waals surface area contributed by atoms with E-state index in [9.17, 15) is 13.2 Å². The predicted molar refractivity (Wildman–Crippen MR) is 91.1 cm³/mol. The largest absolute Gasteiger partial charge is 0.477 e. The number of rotatable bonds is 4. The summed E-state index contributed by atoms with van der Waals surface area (Å²) in [5, 5.41) is 16.9. The van der Waals surface area contributed by atoms with E-state index in [0.717, 1.165) is 18.2 Å². The van der Waals surface area contributed by atoms with Gasteiger partial charge in [-0.3, -0.25) is 0 Å². The van der Waals surface area contributed by atoms with Crippen molar-refractivity contribution < 1.29 is 17.9 Å². The van der Waals surface area contributed by atoms with Crippen molar-refractivity contribution in [3.63, 3.8) is 0 Å². The van der Waals surface area contributed by atoms with Gasteiger partial charge in [0.25, 0.3) is 0 Å². The summed E-state index contributed by atoms with van der Waals surface area (Å²) in [6.45, 7) is 3.28. The molecule has 2 aromatic carbocycles. The first-order valence-corrected chi connectivity index (χ1v) is 7.97. The molecule has 3 aromatic rings. The first-order chi connectivity index (χ1) is 12.7. The van der Waals surface area contributed by atoms with Crippen molar-refractivity contribution in [1.29, 1.82) is 5.26 Å². The smallest absolute Gasteiger partial charge is 0.176 e. The molecule has 138 valence electrons. The second kappa shape index (κ2) is 6.76. The zero-order valence-corrected chi connectivity index (χ0v) is 14.8. The third-order valence-corrected chi connectivity index (χ3v) is 4.01.